The van der Waals surface area contributed by atoms with Crippen LogP contribution in [0.1, 0.15) is 29.7 Å². The number of nitrogens with one attached hydrogen (secondary N) is 1. The quantitative estimate of drug-likeness (QED) is 0.393. The topological polar surface area (TPSA) is 110 Å². The first kappa shape index (κ1) is 23.9. The molecule has 33 heavy (non-hydrogen) atoms. The minimum Gasteiger partial charge on any atom is -0.348 e. The Labute approximate surface area is 193 Å². The zero-order valence-corrected chi connectivity index (χ0v) is 19.4. The van der Waals surface area contributed by atoms with E-state index in [4.69, 9.17) is 0 Å². The Balaban J connectivity index is 1.90. The Morgan fingerprint density at radius 3 is 2.24 bits per heavy atom. The van der Waals surface area contributed by atoms with Gasteiger partial charge in [0, 0.05) is 12.1 Å². The van der Waals surface area contributed by atoms with Crippen LogP contribution in [0.2, 0.25) is 0 Å². The zero-order chi connectivity index (χ0) is 24.2. The second kappa shape index (κ2) is 9.83. The summed E-state index contributed by atoms with van der Waals surface area (Å²) in [6.45, 7) is 5.28. The number of carbonyl (C=O) groups is 1. The van der Waals surface area contributed by atoms with Gasteiger partial charge < -0.3 is 5.32 Å². The normalized spacial score (nSPS) is 12.1. The molecule has 0 aliphatic rings. The van der Waals surface area contributed by atoms with Crippen LogP contribution < -0.4 is 9.62 Å². The number of non-ortho nitro benzene ring substituents is 1. The summed E-state index contributed by atoms with van der Waals surface area (Å²) in [5, 5.41) is 13.8. The molecular weight excluding hydrogens is 442 g/mol. The molecule has 0 heterocycles. The van der Waals surface area contributed by atoms with Gasteiger partial charge in [0.05, 0.1) is 21.5 Å². The number of hydrogen-bond acceptors (Lipinski definition) is 5. The third kappa shape index (κ3) is 5.56. The summed E-state index contributed by atoms with van der Waals surface area (Å²) in [6, 6.07) is 18.3. The molecule has 1 amide bonds. The molecule has 0 saturated heterocycles. The van der Waals surface area contributed by atoms with Crippen LogP contribution >= 0.6 is 0 Å². The van der Waals surface area contributed by atoms with Crippen molar-refractivity contribution in [2.24, 2.45) is 0 Å². The van der Waals surface area contributed by atoms with E-state index in [1.807, 2.05) is 39.0 Å². The Hall–Kier alpha value is -3.72. The van der Waals surface area contributed by atoms with Crippen LogP contribution in [0.4, 0.5) is 11.4 Å². The van der Waals surface area contributed by atoms with E-state index < -0.39 is 27.4 Å². The molecule has 0 aliphatic heterocycles. The molecule has 0 unspecified atom stereocenters. The minimum absolute atomic E-state index is 0.0126. The molecule has 0 spiro atoms. The van der Waals surface area contributed by atoms with E-state index >= 15 is 0 Å². The number of benzene rings is 3. The number of aryl methyl sites for hydroxylation is 2. The van der Waals surface area contributed by atoms with Crippen LogP contribution in [0.3, 0.4) is 0 Å². The Kier molecular flexibility index (Phi) is 7.13. The Morgan fingerprint density at radius 2 is 1.67 bits per heavy atom. The lowest BCUT2D eigenvalue weighted by Crippen LogP contribution is -2.41. The van der Waals surface area contributed by atoms with Crippen LogP contribution in [-0.2, 0) is 14.8 Å². The highest BCUT2D eigenvalue weighted by molar-refractivity contribution is 7.92. The molecule has 0 aliphatic carbocycles. The SMILES string of the molecule is Cc1ccc([C@@H](C)NC(=O)CN(c2ccc([N+](=O)[O-])cc2)S(=O)(=O)c2ccccc2)c(C)c1. The van der Waals surface area contributed by atoms with Gasteiger partial charge in [-0.3, -0.25) is 19.2 Å². The monoisotopic (exact) mass is 467 g/mol. The molecule has 3 rings (SSSR count). The van der Waals surface area contributed by atoms with Gasteiger partial charge in [-0.1, -0.05) is 42.0 Å². The van der Waals surface area contributed by atoms with Crippen LogP contribution in [0.5, 0.6) is 0 Å². The number of sulfonamides is 1. The summed E-state index contributed by atoms with van der Waals surface area (Å²) < 4.78 is 27.6. The molecule has 172 valence electrons. The van der Waals surface area contributed by atoms with Crippen molar-refractivity contribution in [3.8, 4) is 0 Å². The number of anilines is 1. The largest absolute Gasteiger partial charge is 0.348 e. The fourth-order valence-electron chi connectivity index (χ4n) is 3.58. The van der Waals surface area contributed by atoms with Crippen LogP contribution in [0.15, 0.2) is 77.7 Å². The van der Waals surface area contributed by atoms with Crippen molar-refractivity contribution in [1.82, 2.24) is 5.32 Å². The average molecular weight is 468 g/mol. The lowest BCUT2D eigenvalue weighted by Gasteiger charge is -2.25. The van der Waals surface area contributed by atoms with Gasteiger partial charge in [0.1, 0.15) is 6.54 Å². The summed E-state index contributed by atoms with van der Waals surface area (Å²) in [5.41, 5.74) is 3.03. The van der Waals surface area contributed by atoms with E-state index in [1.165, 1.54) is 36.4 Å². The number of carbonyl (C=O) groups excluding carboxylic acids is 1. The molecule has 1 atom stereocenters. The smallest absolute Gasteiger partial charge is 0.269 e. The van der Waals surface area contributed by atoms with Crippen molar-refractivity contribution in [3.63, 3.8) is 0 Å². The number of nitro groups is 1. The predicted octanol–water partition coefficient (Wildman–Crippen LogP) is 4.28. The van der Waals surface area contributed by atoms with Crippen molar-refractivity contribution in [3.05, 3.63) is 99.6 Å². The van der Waals surface area contributed by atoms with E-state index in [0.29, 0.717) is 0 Å². The van der Waals surface area contributed by atoms with Crippen LogP contribution in [-0.4, -0.2) is 25.8 Å². The summed E-state index contributed by atoms with van der Waals surface area (Å²) in [7, 11) is -4.09. The molecule has 0 radical (unpaired) electrons. The van der Waals surface area contributed by atoms with E-state index in [1.54, 1.807) is 18.2 Å². The molecule has 0 aromatic heterocycles. The standard InChI is InChI=1S/C24H25N3O5S/c1-17-9-14-23(18(2)15-17)19(3)25-24(28)16-26(20-10-12-21(13-11-20)27(29)30)33(31,32)22-7-5-4-6-8-22/h4-15,19H,16H2,1-3H3,(H,25,28)/t19-/m1/s1. The number of amides is 1. The maximum absolute atomic E-state index is 13.3. The second-order valence-electron chi connectivity index (χ2n) is 7.75. The molecule has 1 N–H and O–H groups in total. The highest BCUT2D eigenvalue weighted by Crippen LogP contribution is 2.26. The van der Waals surface area contributed by atoms with Crippen LogP contribution in [0.25, 0.3) is 0 Å². The van der Waals surface area contributed by atoms with Gasteiger partial charge in [-0.15, -0.1) is 0 Å². The van der Waals surface area contributed by atoms with Gasteiger partial charge in [0.15, 0.2) is 0 Å². The molecule has 0 saturated carbocycles. The maximum Gasteiger partial charge on any atom is 0.269 e. The van der Waals surface area contributed by atoms with Crippen molar-refractivity contribution in [2.75, 3.05) is 10.8 Å². The number of hydrogen-bond donors (Lipinski definition) is 1. The zero-order valence-electron chi connectivity index (χ0n) is 18.6. The molecule has 3 aromatic carbocycles. The van der Waals surface area contributed by atoms with Gasteiger partial charge in [0.2, 0.25) is 5.91 Å². The van der Waals surface area contributed by atoms with E-state index in [9.17, 15) is 23.3 Å². The van der Waals surface area contributed by atoms with Crippen LogP contribution in [0, 0.1) is 24.0 Å². The average Bonchev–Trinajstić information content (AvgIpc) is 2.78. The lowest BCUT2D eigenvalue weighted by molar-refractivity contribution is -0.384. The molecule has 8 nitrogen and oxygen atoms in total. The highest BCUT2D eigenvalue weighted by atomic mass is 32.2. The molecule has 3 aromatic rings. The van der Waals surface area contributed by atoms with Crippen molar-refractivity contribution >= 4 is 27.3 Å². The first-order chi connectivity index (χ1) is 15.6. The molecular formula is C24H25N3O5S. The number of nitro benzene ring substituents is 1. The summed E-state index contributed by atoms with van der Waals surface area (Å²) >= 11 is 0. The van der Waals surface area contributed by atoms with E-state index in [-0.39, 0.29) is 22.3 Å². The van der Waals surface area contributed by atoms with E-state index in [0.717, 1.165) is 21.0 Å². The second-order valence-corrected chi connectivity index (χ2v) is 9.61. The number of nitrogens with zero attached hydrogens (tertiary/aromatic N) is 2. The van der Waals surface area contributed by atoms with Crippen molar-refractivity contribution < 1.29 is 18.1 Å². The third-order valence-corrected chi connectivity index (χ3v) is 7.02. The fraction of sp³-hybridized carbons (Fsp3) is 0.208. The maximum atomic E-state index is 13.3. The molecule has 9 heteroatoms. The number of rotatable bonds is 8. The van der Waals surface area contributed by atoms with Gasteiger partial charge in [-0.25, -0.2) is 8.42 Å². The summed E-state index contributed by atoms with van der Waals surface area (Å²) in [6.07, 6.45) is 0. The van der Waals surface area contributed by atoms with E-state index in [2.05, 4.69) is 5.32 Å². The Morgan fingerprint density at radius 1 is 1.03 bits per heavy atom. The predicted molar refractivity (Wildman–Crippen MR) is 127 cm³/mol. The highest BCUT2D eigenvalue weighted by Gasteiger charge is 2.28. The van der Waals surface area contributed by atoms with Gasteiger partial charge in [-0.05, 0) is 56.2 Å². The fourth-order valence-corrected chi connectivity index (χ4v) is 5.02. The first-order valence-electron chi connectivity index (χ1n) is 10.3. The van der Waals surface area contributed by atoms with Gasteiger partial charge in [0.25, 0.3) is 15.7 Å². The van der Waals surface area contributed by atoms with Crippen molar-refractivity contribution in [2.45, 2.75) is 31.7 Å². The summed E-state index contributed by atoms with van der Waals surface area (Å²) in [5.74, 6) is -0.500. The van der Waals surface area contributed by atoms with Gasteiger partial charge >= 0.3 is 0 Å². The van der Waals surface area contributed by atoms with Gasteiger partial charge in [-0.2, -0.15) is 0 Å². The molecule has 0 fully saturated rings. The summed E-state index contributed by atoms with van der Waals surface area (Å²) in [4.78, 5) is 23.4. The first-order valence-corrected chi connectivity index (χ1v) is 11.7. The minimum atomic E-state index is -4.09. The molecule has 0 bridgehead atoms. The van der Waals surface area contributed by atoms with Crippen molar-refractivity contribution in [1.29, 1.82) is 0 Å². The Bertz CT molecular complexity index is 1260. The third-order valence-electron chi connectivity index (χ3n) is 5.24. The lowest BCUT2D eigenvalue weighted by atomic mass is 10.0.